The number of rotatable bonds is 7. The molecular formula is C20H25N3O3. The summed E-state index contributed by atoms with van der Waals surface area (Å²) in [5.41, 5.74) is 1.99. The molecule has 0 aliphatic rings. The zero-order valence-electron chi connectivity index (χ0n) is 15.6. The van der Waals surface area contributed by atoms with Gasteiger partial charge in [0.05, 0.1) is 12.6 Å². The minimum atomic E-state index is -0.174. The van der Waals surface area contributed by atoms with Gasteiger partial charge in [-0.15, -0.1) is 0 Å². The molecule has 0 spiro atoms. The highest BCUT2D eigenvalue weighted by molar-refractivity contribution is 5.96. The summed E-state index contributed by atoms with van der Waals surface area (Å²) in [6.07, 6.45) is 0.106. The van der Waals surface area contributed by atoms with Gasteiger partial charge in [-0.25, -0.2) is 0 Å². The van der Waals surface area contributed by atoms with E-state index in [1.165, 1.54) is 4.90 Å². The molecule has 0 aliphatic heterocycles. The lowest BCUT2D eigenvalue weighted by Crippen LogP contribution is -2.23. The van der Waals surface area contributed by atoms with Crippen LogP contribution >= 0.6 is 0 Å². The zero-order chi connectivity index (χ0) is 19.1. The maximum absolute atomic E-state index is 12.1. The predicted molar refractivity (Wildman–Crippen MR) is 104 cm³/mol. The van der Waals surface area contributed by atoms with Crippen LogP contribution in [0.1, 0.15) is 24.2 Å². The molecule has 26 heavy (non-hydrogen) atoms. The number of ether oxygens (including phenoxy) is 1. The van der Waals surface area contributed by atoms with Gasteiger partial charge >= 0.3 is 0 Å². The van der Waals surface area contributed by atoms with Gasteiger partial charge < -0.3 is 20.3 Å². The Morgan fingerprint density at radius 2 is 1.73 bits per heavy atom. The van der Waals surface area contributed by atoms with E-state index in [2.05, 4.69) is 10.6 Å². The molecule has 0 saturated heterocycles. The molecule has 0 unspecified atom stereocenters. The number of carbonyl (C=O) groups is 2. The van der Waals surface area contributed by atoms with E-state index in [4.69, 9.17) is 4.74 Å². The molecule has 0 radical (unpaired) electrons. The van der Waals surface area contributed by atoms with Gasteiger partial charge in [-0.2, -0.15) is 0 Å². The number of hydrogen-bond donors (Lipinski definition) is 2. The first-order valence-electron chi connectivity index (χ1n) is 8.47. The number of nitrogens with zero attached hydrogens (tertiary/aromatic N) is 1. The lowest BCUT2D eigenvalue weighted by molar-refractivity contribution is -0.114. The Morgan fingerprint density at radius 1 is 1.04 bits per heavy atom. The third-order valence-electron chi connectivity index (χ3n) is 3.48. The molecule has 2 N–H and O–H groups in total. The van der Waals surface area contributed by atoms with Gasteiger partial charge in [0.1, 0.15) is 5.75 Å². The molecule has 0 fully saturated rings. The second-order valence-electron chi connectivity index (χ2n) is 6.37. The number of anilines is 2. The van der Waals surface area contributed by atoms with Crippen molar-refractivity contribution in [3.8, 4) is 5.75 Å². The molecule has 2 rings (SSSR count). The second kappa shape index (κ2) is 8.89. The van der Waals surface area contributed by atoms with Crippen molar-refractivity contribution >= 4 is 23.2 Å². The molecule has 0 atom stereocenters. The number of nitrogens with one attached hydrogen (secondary N) is 2. The molecule has 138 valence electrons. The van der Waals surface area contributed by atoms with Crippen molar-refractivity contribution in [1.82, 2.24) is 4.90 Å². The summed E-state index contributed by atoms with van der Waals surface area (Å²) in [6.45, 7) is 4.02. The molecule has 0 bridgehead atoms. The normalized spacial score (nSPS) is 10.3. The largest absolute Gasteiger partial charge is 0.491 e. The van der Waals surface area contributed by atoms with Crippen LogP contribution in [0.3, 0.4) is 0 Å². The van der Waals surface area contributed by atoms with Crippen LogP contribution in [0.15, 0.2) is 48.5 Å². The van der Waals surface area contributed by atoms with Crippen molar-refractivity contribution in [2.24, 2.45) is 0 Å². The van der Waals surface area contributed by atoms with Crippen molar-refractivity contribution in [3.63, 3.8) is 0 Å². The minimum absolute atomic E-state index is 0.0817. The highest BCUT2D eigenvalue weighted by Crippen LogP contribution is 2.17. The van der Waals surface area contributed by atoms with Gasteiger partial charge in [-0.3, -0.25) is 9.59 Å². The predicted octanol–water partition coefficient (Wildman–Crippen LogP) is 3.23. The van der Waals surface area contributed by atoms with Crippen LogP contribution in [0.25, 0.3) is 0 Å². The molecule has 6 heteroatoms. The smallest absolute Gasteiger partial charge is 0.253 e. The summed E-state index contributed by atoms with van der Waals surface area (Å²) in [5, 5.41) is 5.85. The first-order valence-corrected chi connectivity index (χ1v) is 8.47. The van der Waals surface area contributed by atoms with E-state index in [9.17, 15) is 9.59 Å². The van der Waals surface area contributed by atoms with Crippen LogP contribution in [0.4, 0.5) is 11.4 Å². The van der Waals surface area contributed by atoms with Crippen molar-refractivity contribution < 1.29 is 14.3 Å². The van der Waals surface area contributed by atoms with Gasteiger partial charge in [-0.1, -0.05) is 6.07 Å². The Balaban J connectivity index is 1.89. The van der Waals surface area contributed by atoms with E-state index in [0.717, 1.165) is 5.75 Å². The molecule has 2 amide bonds. The monoisotopic (exact) mass is 355 g/mol. The van der Waals surface area contributed by atoms with Crippen molar-refractivity contribution in [2.45, 2.75) is 20.0 Å². The maximum Gasteiger partial charge on any atom is 0.253 e. The molecular weight excluding hydrogens is 330 g/mol. The van der Waals surface area contributed by atoms with Crippen LogP contribution < -0.4 is 15.4 Å². The van der Waals surface area contributed by atoms with Crippen molar-refractivity contribution in [2.75, 3.05) is 31.3 Å². The van der Waals surface area contributed by atoms with Gasteiger partial charge in [-0.05, 0) is 56.3 Å². The van der Waals surface area contributed by atoms with E-state index in [1.807, 2.05) is 32.0 Å². The summed E-state index contributed by atoms with van der Waals surface area (Å²) in [7, 11) is 3.40. The lowest BCUT2D eigenvalue weighted by Gasteiger charge is -2.13. The summed E-state index contributed by atoms with van der Waals surface area (Å²) in [4.78, 5) is 25.6. The first kappa shape index (κ1) is 19.3. The van der Waals surface area contributed by atoms with Gasteiger partial charge in [0.25, 0.3) is 5.91 Å². The first-order chi connectivity index (χ1) is 12.3. The Labute approximate surface area is 154 Å². The van der Waals surface area contributed by atoms with E-state index in [0.29, 0.717) is 16.9 Å². The van der Waals surface area contributed by atoms with Crippen LogP contribution in [-0.2, 0) is 4.79 Å². The van der Waals surface area contributed by atoms with Gasteiger partial charge in [0, 0.05) is 31.0 Å². The SMILES string of the molecule is CC(C)Oc1ccc(NC(=O)CNc2cccc(C(=O)N(C)C)c2)cc1. The molecule has 0 aromatic heterocycles. The molecule has 6 nitrogen and oxygen atoms in total. The lowest BCUT2D eigenvalue weighted by atomic mass is 10.2. The van der Waals surface area contributed by atoms with Crippen LogP contribution in [-0.4, -0.2) is 43.5 Å². The van der Waals surface area contributed by atoms with Crippen molar-refractivity contribution in [1.29, 1.82) is 0 Å². The fourth-order valence-electron chi connectivity index (χ4n) is 2.30. The highest BCUT2D eigenvalue weighted by atomic mass is 16.5. The topological polar surface area (TPSA) is 70.7 Å². The maximum atomic E-state index is 12.1. The Kier molecular flexibility index (Phi) is 6.60. The standard InChI is InChI=1S/C20H25N3O3/c1-14(2)26-18-10-8-16(9-11-18)22-19(24)13-21-17-7-5-6-15(12-17)20(25)23(3)4/h5-12,14,21H,13H2,1-4H3,(H,22,24). The number of hydrogen-bond acceptors (Lipinski definition) is 4. The average Bonchev–Trinajstić information content (AvgIpc) is 2.60. The number of benzene rings is 2. The van der Waals surface area contributed by atoms with Crippen LogP contribution in [0.2, 0.25) is 0 Å². The van der Waals surface area contributed by atoms with Crippen molar-refractivity contribution in [3.05, 3.63) is 54.1 Å². The second-order valence-corrected chi connectivity index (χ2v) is 6.37. The minimum Gasteiger partial charge on any atom is -0.491 e. The van der Waals surface area contributed by atoms with Crippen LogP contribution in [0.5, 0.6) is 5.75 Å². The Morgan fingerprint density at radius 3 is 2.35 bits per heavy atom. The number of amides is 2. The molecule has 2 aromatic carbocycles. The van der Waals surface area contributed by atoms with Gasteiger partial charge in [0.2, 0.25) is 5.91 Å². The zero-order valence-corrected chi connectivity index (χ0v) is 15.6. The van der Waals surface area contributed by atoms with E-state index >= 15 is 0 Å². The fourth-order valence-corrected chi connectivity index (χ4v) is 2.30. The summed E-state index contributed by atoms with van der Waals surface area (Å²) >= 11 is 0. The van der Waals surface area contributed by atoms with Crippen LogP contribution in [0, 0.1) is 0 Å². The third kappa shape index (κ3) is 5.81. The van der Waals surface area contributed by atoms with Gasteiger partial charge in [0.15, 0.2) is 0 Å². The van der Waals surface area contributed by atoms with E-state index < -0.39 is 0 Å². The molecule has 0 aliphatic carbocycles. The quantitative estimate of drug-likeness (QED) is 0.800. The third-order valence-corrected chi connectivity index (χ3v) is 3.48. The van der Waals surface area contributed by atoms with E-state index in [1.54, 1.807) is 44.4 Å². The Hall–Kier alpha value is -3.02. The Bertz CT molecular complexity index is 755. The summed E-state index contributed by atoms with van der Waals surface area (Å²) in [5.74, 6) is 0.507. The molecule has 0 heterocycles. The van der Waals surface area contributed by atoms with E-state index in [-0.39, 0.29) is 24.5 Å². The summed E-state index contributed by atoms with van der Waals surface area (Å²) < 4.78 is 5.57. The summed E-state index contributed by atoms with van der Waals surface area (Å²) in [6, 6.07) is 14.3. The number of carbonyl (C=O) groups excluding carboxylic acids is 2. The average molecular weight is 355 g/mol. The molecule has 0 saturated carbocycles. The fraction of sp³-hybridized carbons (Fsp3) is 0.300. The highest BCUT2D eigenvalue weighted by Gasteiger charge is 2.09. The molecule has 2 aromatic rings.